The summed E-state index contributed by atoms with van der Waals surface area (Å²) in [6.45, 7) is 0.642. The van der Waals surface area contributed by atoms with E-state index in [0.717, 1.165) is 0 Å². The number of nitrogen functional groups attached to an aromatic ring is 1. The molecule has 0 aliphatic carbocycles. The molecule has 8 heteroatoms. The minimum atomic E-state index is -1.78. The van der Waals surface area contributed by atoms with Gasteiger partial charge in [-0.05, 0) is 6.07 Å². The first-order valence-corrected chi connectivity index (χ1v) is 6.33. The molecule has 2 heterocycles. The van der Waals surface area contributed by atoms with E-state index < -0.39 is 14.1 Å². The van der Waals surface area contributed by atoms with Crippen LogP contribution in [0.1, 0.15) is 0 Å². The zero-order chi connectivity index (χ0) is 11.5. The Bertz CT molecular complexity index is 416. The summed E-state index contributed by atoms with van der Waals surface area (Å²) in [6, 6.07) is 1.55. The number of rotatable bonds is 2. The molecule has 0 spiro atoms. The second kappa shape index (κ2) is 4.88. The molecule has 0 aromatic carbocycles. The number of hydrogen-bond donors (Lipinski definition) is 2. The minimum absolute atomic E-state index is 0.197. The number of hydrogen-bond acceptors (Lipinski definition) is 6. The average Bonchev–Trinajstić information content (AvgIpc) is 2.25. The number of nitrogens with zero attached hydrogens (tertiary/aromatic N) is 2. The van der Waals surface area contributed by atoms with Gasteiger partial charge in [-0.1, -0.05) is 0 Å². The Labute approximate surface area is 92.7 Å². The Kier molecular flexibility index (Phi) is 3.50. The van der Waals surface area contributed by atoms with Crippen molar-refractivity contribution in [1.29, 1.82) is 0 Å². The van der Waals surface area contributed by atoms with Crippen molar-refractivity contribution >= 4 is 14.2 Å². The molecule has 89 valence electrons. The summed E-state index contributed by atoms with van der Waals surface area (Å²) < 4.78 is 11.8. The maximum Gasteiger partial charge on any atom is 0.349 e. The van der Waals surface area contributed by atoms with Crippen LogP contribution in [0.15, 0.2) is 17.1 Å². The van der Waals surface area contributed by atoms with Crippen LogP contribution in [0.25, 0.3) is 0 Å². The summed E-state index contributed by atoms with van der Waals surface area (Å²) in [5, 5.41) is 0. The van der Waals surface area contributed by atoms with E-state index in [0.29, 0.717) is 13.2 Å². The number of anilines is 1. The van der Waals surface area contributed by atoms with Gasteiger partial charge < -0.3 is 19.9 Å². The number of ether oxygens (including phenoxy) is 1. The van der Waals surface area contributed by atoms with Crippen LogP contribution >= 0.6 is 8.38 Å². The molecule has 0 bridgehead atoms. The van der Waals surface area contributed by atoms with Gasteiger partial charge in [0.2, 0.25) is 0 Å². The smallest absolute Gasteiger partial charge is 0.349 e. The van der Waals surface area contributed by atoms with Gasteiger partial charge in [0.05, 0.1) is 19.3 Å². The summed E-state index contributed by atoms with van der Waals surface area (Å²) in [4.78, 5) is 24.2. The average molecular weight is 246 g/mol. The van der Waals surface area contributed by atoms with Crippen molar-refractivity contribution in [2.24, 2.45) is 0 Å². The van der Waals surface area contributed by atoms with Gasteiger partial charge in [-0.3, -0.25) is 4.57 Å². The molecule has 7 nitrogen and oxygen atoms in total. The summed E-state index contributed by atoms with van der Waals surface area (Å²) in [7, 11) is -1.78. The van der Waals surface area contributed by atoms with Gasteiger partial charge >= 0.3 is 5.69 Å². The van der Waals surface area contributed by atoms with E-state index in [1.807, 2.05) is 0 Å². The molecule has 1 aliphatic rings. The lowest BCUT2D eigenvalue weighted by atomic mass is 10.3. The second-order valence-electron chi connectivity index (χ2n) is 3.43. The van der Waals surface area contributed by atoms with Gasteiger partial charge in [0.15, 0.2) is 0 Å². The largest absolute Gasteiger partial charge is 0.383 e. The Morgan fingerprint density at radius 1 is 1.75 bits per heavy atom. The zero-order valence-corrected chi connectivity index (χ0v) is 9.50. The van der Waals surface area contributed by atoms with Crippen molar-refractivity contribution < 1.29 is 14.2 Å². The van der Waals surface area contributed by atoms with E-state index in [1.54, 1.807) is 12.3 Å². The van der Waals surface area contributed by atoms with E-state index in [1.165, 1.54) is 4.57 Å². The van der Waals surface area contributed by atoms with Crippen molar-refractivity contribution in [3.63, 3.8) is 0 Å². The summed E-state index contributed by atoms with van der Waals surface area (Å²) in [5.74, 6) is 0.197. The molecule has 2 atom stereocenters. The molecule has 1 saturated heterocycles. The molecular weight excluding hydrogens is 233 g/mol. The highest BCUT2D eigenvalue weighted by Gasteiger charge is 2.20. The highest BCUT2D eigenvalue weighted by Crippen LogP contribution is 2.35. The van der Waals surface area contributed by atoms with E-state index in [9.17, 15) is 4.79 Å². The van der Waals surface area contributed by atoms with Gasteiger partial charge in [-0.15, -0.1) is 0 Å². The van der Waals surface area contributed by atoms with Crippen molar-refractivity contribution in [3.05, 3.63) is 22.7 Å². The van der Waals surface area contributed by atoms with E-state index in [2.05, 4.69) is 4.98 Å². The van der Waals surface area contributed by atoms with E-state index in [-0.39, 0.29) is 18.3 Å². The molecular formula is C8H13N3O4P. The lowest BCUT2D eigenvalue weighted by molar-refractivity contribution is 0.00224. The van der Waals surface area contributed by atoms with Crippen LogP contribution < -0.4 is 11.4 Å². The molecule has 1 aromatic rings. The summed E-state index contributed by atoms with van der Waals surface area (Å²) in [5.41, 5.74) is 4.96. The van der Waals surface area contributed by atoms with Crippen molar-refractivity contribution in [1.82, 2.24) is 9.55 Å². The molecule has 1 aromatic heterocycles. The van der Waals surface area contributed by atoms with Crippen LogP contribution in [-0.4, -0.2) is 33.5 Å². The van der Waals surface area contributed by atoms with Crippen molar-refractivity contribution in [3.8, 4) is 0 Å². The van der Waals surface area contributed by atoms with Crippen LogP contribution in [0.5, 0.6) is 0 Å². The number of nitrogens with two attached hydrogens (primary N) is 1. The third kappa shape index (κ3) is 2.76. The first-order valence-electron chi connectivity index (χ1n) is 4.77. The Hall–Kier alpha value is -1.01. The molecule has 1 radical (unpaired) electrons. The molecule has 1 unspecified atom stereocenters. The van der Waals surface area contributed by atoms with Gasteiger partial charge in [0.1, 0.15) is 20.5 Å². The predicted molar refractivity (Wildman–Crippen MR) is 59.1 cm³/mol. The number of aromatic nitrogens is 2. The summed E-state index contributed by atoms with van der Waals surface area (Å²) in [6.07, 6.45) is 1.55. The first kappa shape index (κ1) is 11.5. The highest BCUT2D eigenvalue weighted by molar-refractivity contribution is 7.45. The Morgan fingerprint density at radius 3 is 3.19 bits per heavy atom. The van der Waals surface area contributed by atoms with Gasteiger partial charge in [0, 0.05) is 6.20 Å². The van der Waals surface area contributed by atoms with Crippen LogP contribution in [0.4, 0.5) is 5.82 Å². The van der Waals surface area contributed by atoms with Crippen LogP contribution in [0.3, 0.4) is 0 Å². The molecule has 2 rings (SSSR count). The van der Waals surface area contributed by atoms with E-state index >= 15 is 0 Å². The summed E-state index contributed by atoms with van der Waals surface area (Å²) >= 11 is 0. The third-order valence-corrected chi connectivity index (χ3v) is 3.09. The van der Waals surface area contributed by atoms with Crippen molar-refractivity contribution in [2.45, 2.75) is 12.6 Å². The maximum absolute atomic E-state index is 11.4. The van der Waals surface area contributed by atoms with Crippen LogP contribution in [0.2, 0.25) is 0 Å². The Morgan fingerprint density at radius 2 is 2.56 bits per heavy atom. The Balaban J connectivity index is 2.01. The fourth-order valence-corrected chi connectivity index (χ4v) is 2.21. The van der Waals surface area contributed by atoms with Gasteiger partial charge in [-0.2, -0.15) is 4.98 Å². The standard InChI is InChI=1S/C8H13N3O4P/c9-7-1-2-11(8(12)10-7)3-6-4-15-16(13)5-14-6/h1-2,6,13,16H,3-5H2,(H2,9,10,12)/t6-/m0/s1. The van der Waals surface area contributed by atoms with Gasteiger partial charge in [0.25, 0.3) is 0 Å². The van der Waals surface area contributed by atoms with E-state index in [4.69, 9.17) is 19.9 Å². The fourth-order valence-electron chi connectivity index (χ4n) is 1.37. The third-order valence-electron chi connectivity index (χ3n) is 2.17. The molecule has 3 N–H and O–H groups in total. The van der Waals surface area contributed by atoms with Crippen LogP contribution in [0, 0.1) is 0 Å². The van der Waals surface area contributed by atoms with Crippen molar-refractivity contribution in [2.75, 3.05) is 18.7 Å². The molecule has 1 fully saturated rings. The predicted octanol–water partition coefficient (Wildman–Crippen LogP) is -0.765. The topological polar surface area (TPSA) is 99.6 Å². The second-order valence-corrected chi connectivity index (χ2v) is 4.79. The molecule has 1 aliphatic heterocycles. The monoisotopic (exact) mass is 246 g/mol. The molecule has 0 saturated carbocycles. The molecule has 0 amide bonds. The normalized spacial score (nSPS) is 25.6. The molecule has 16 heavy (non-hydrogen) atoms. The lowest BCUT2D eigenvalue weighted by Crippen LogP contribution is -2.34. The highest BCUT2D eigenvalue weighted by atomic mass is 31.2. The first-order chi connectivity index (χ1) is 7.65. The zero-order valence-electron chi connectivity index (χ0n) is 8.50. The fraction of sp³-hybridized carbons (Fsp3) is 0.500. The maximum atomic E-state index is 11.4. The van der Waals surface area contributed by atoms with Gasteiger partial charge in [-0.25, -0.2) is 4.79 Å². The quantitative estimate of drug-likeness (QED) is 0.665. The lowest BCUT2D eigenvalue weighted by Gasteiger charge is -2.27. The van der Waals surface area contributed by atoms with Crippen LogP contribution in [-0.2, 0) is 15.8 Å². The minimum Gasteiger partial charge on any atom is -0.383 e. The SMILES string of the molecule is Nc1ccn(C[C@H]2CO[PH](O)CO2)c(=O)n1.